The first-order chi connectivity index (χ1) is 15.1. The number of aryl methyl sites for hydroxylation is 1. The Hall–Kier alpha value is -2.90. The number of benzene rings is 2. The van der Waals surface area contributed by atoms with E-state index in [1.807, 2.05) is 81.6 Å². The Bertz CT molecular complexity index is 869. The van der Waals surface area contributed by atoms with Crippen LogP contribution in [0.5, 0.6) is 11.5 Å². The van der Waals surface area contributed by atoms with E-state index in [4.69, 9.17) is 15.2 Å². The smallest absolute Gasteiger partial charge is 0.211 e. The highest BCUT2D eigenvalue weighted by atomic mass is 32.2. The predicted octanol–water partition coefficient (Wildman–Crippen LogP) is 4.81. The molecule has 0 saturated carbocycles. The molecular formula is C24H33N3O3S. The number of amides is 1. The molecule has 3 rings (SSSR count). The lowest BCUT2D eigenvalue weighted by atomic mass is 10.2. The number of hydrogen-bond acceptors (Lipinski definition) is 6. The lowest BCUT2D eigenvalue weighted by Crippen LogP contribution is -2.36. The van der Waals surface area contributed by atoms with Crippen LogP contribution in [-0.2, 0) is 10.5 Å². The first-order valence-electron chi connectivity index (χ1n) is 10.1. The second-order valence-electron chi connectivity index (χ2n) is 6.16. The van der Waals surface area contributed by atoms with Gasteiger partial charge in [-0.2, -0.15) is 0 Å². The van der Waals surface area contributed by atoms with Crippen molar-refractivity contribution in [3.05, 3.63) is 76.8 Å². The van der Waals surface area contributed by atoms with Crippen LogP contribution in [0, 0.1) is 6.92 Å². The van der Waals surface area contributed by atoms with Gasteiger partial charge in [0.15, 0.2) is 0 Å². The summed E-state index contributed by atoms with van der Waals surface area (Å²) in [7, 11) is 3.30. The van der Waals surface area contributed by atoms with Crippen LogP contribution in [0.1, 0.15) is 25.0 Å². The van der Waals surface area contributed by atoms with E-state index in [1.165, 1.54) is 0 Å². The third kappa shape index (κ3) is 9.19. The van der Waals surface area contributed by atoms with Crippen molar-refractivity contribution in [2.75, 3.05) is 19.5 Å². The molecule has 4 N–H and O–H groups in total. The molecule has 0 spiro atoms. The van der Waals surface area contributed by atoms with Gasteiger partial charge in [0.25, 0.3) is 0 Å². The maximum atomic E-state index is 10.4. The molecule has 1 aliphatic rings. The van der Waals surface area contributed by atoms with Gasteiger partial charge in [0, 0.05) is 22.4 Å². The first kappa shape index (κ1) is 26.1. The molecular weight excluding hydrogens is 410 g/mol. The normalized spacial score (nSPS) is 13.9. The van der Waals surface area contributed by atoms with Crippen molar-refractivity contribution in [2.24, 2.45) is 5.73 Å². The average Bonchev–Trinajstić information content (AvgIpc) is 2.81. The van der Waals surface area contributed by atoms with E-state index in [1.54, 1.807) is 26.0 Å². The number of anilines is 1. The van der Waals surface area contributed by atoms with Crippen LogP contribution in [0.3, 0.4) is 0 Å². The molecule has 1 atom stereocenters. The summed E-state index contributed by atoms with van der Waals surface area (Å²) < 4.78 is 10.1. The number of allylic oxidation sites excluding steroid dienone is 2. The highest BCUT2D eigenvalue weighted by Crippen LogP contribution is 2.25. The molecule has 0 aromatic heterocycles. The number of carbonyl (C=O) groups excluding carboxylic acids is 1. The molecule has 168 valence electrons. The minimum Gasteiger partial charge on any atom is -0.497 e. The molecule has 31 heavy (non-hydrogen) atoms. The fraction of sp³-hybridized carbons (Fsp3) is 0.292. The van der Waals surface area contributed by atoms with Crippen molar-refractivity contribution in [3.63, 3.8) is 0 Å². The zero-order valence-corrected chi connectivity index (χ0v) is 19.7. The molecule has 0 aliphatic carbocycles. The summed E-state index contributed by atoms with van der Waals surface area (Å²) in [6.45, 7) is 6.00. The molecule has 7 heteroatoms. The van der Waals surface area contributed by atoms with E-state index in [-0.39, 0.29) is 6.17 Å². The quantitative estimate of drug-likeness (QED) is 0.533. The van der Waals surface area contributed by atoms with E-state index in [2.05, 4.69) is 10.6 Å². The number of nitrogens with one attached hydrogen (secondary N) is 2. The lowest BCUT2D eigenvalue weighted by Gasteiger charge is -2.18. The Kier molecular flexibility index (Phi) is 12.6. The van der Waals surface area contributed by atoms with E-state index in [9.17, 15) is 4.79 Å². The SMILES string of the molecule is CC.COc1ccc(C)c(OC)c1.NC1NC=CC=C1SCc1cccc(NC=O)c1. The van der Waals surface area contributed by atoms with Gasteiger partial charge in [-0.05, 0) is 54.6 Å². The number of ether oxygens (including phenoxy) is 2. The second kappa shape index (κ2) is 15.0. The summed E-state index contributed by atoms with van der Waals surface area (Å²) in [4.78, 5) is 11.5. The molecule has 0 saturated heterocycles. The Morgan fingerprint density at radius 1 is 1.16 bits per heavy atom. The molecule has 1 unspecified atom stereocenters. The molecule has 0 fully saturated rings. The molecule has 1 heterocycles. The van der Waals surface area contributed by atoms with Crippen molar-refractivity contribution >= 4 is 23.9 Å². The van der Waals surface area contributed by atoms with E-state index in [0.29, 0.717) is 6.41 Å². The molecule has 1 aliphatic heterocycles. The van der Waals surface area contributed by atoms with Gasteiger partial charge in [-0.1, -0.05) is 32.0 Å². The maximum absolute atomic E-state index is 10.4. The monoisotopic (exact) mass is 443 g/mol. The van der Waals surface area contributed by atoms with Gasteiger partial charge < -0.3 is 25.8 Å². The molecule has 6 nitrogen and oxygen atoms in total. The minimum atomic E-state index is -0.128. The van der Waals surface area contributed by atoms with Crippen molar-refractivity contribution in [3.8, 4) is 11.5 Å². The van der Waals surface area contributed by atoms with Crippen LogP contribution in [-0.4, -0.2) is 26.8 Å². The van der Waals surface area contributed by atoms with Gasteiger partial charge in [0.05, 0.1) is 14.2 Å². The molecule has 1 amide bonds. The maximum Gasteiger partial charge on any atom is 0.211 e. The van der Waals surface area contributed by atoms with Crippen molar-refractivity contribution in [2.45, 2.75) is 32.7 Å². The van der Waals surface area contributed by atoms with Crippen LogP contribution >= 0.6 is 11.8 Å². The van der Waals surface area contributed by atoms with E-state index < -0.39 is 0 Å². The van der Waals surface area contributed by atoms with Crippen LogP contribution in [0.25, 0.3) is 0 Å². The highest BCUT2D eigenvalue weighted by Gasteiger charge is 2.10. The Balaban J connectivity index is 0.000000317. The number of rotatable bonds is 7. The number of dihydropyridines is 1. The summed E-state index contributed by atoms with van der Waals surface area (Å²) in [6, 6.07) is 13.5. The van der Waals surface area contributed by atoms with Crippen molar-refractivity contribution in [1.82, 2.24) is 5.32 Å². The second-order valence-corrected chi connectivity index (χ2v) is 7.21. The third-order valence-corrected chi connectivity index (χ3v) is 5.31. The van der Waals surface area contributed by atoms with Gasteiger partial charge in [-0.25, -0.2) is 0 Å². The number of nitrogens with two attached hydrogens (primary N) is 1. The van der Waals surface area contributed by atoms with E-state index in [0.717, 1.165) is 39.0 Å². The average molecular weight is 444 g/mol. The first-order valence-corrected chi connectivity index (χ1v) is 11.0. The van der Waals surface area contributed by atoms with Gasteiger partial charge in [0.2, 0.25) is 6.41 Å². The van der Waals surface area contributed by atoms with Gasteiger partial charge in [-0.15, -0.1) is 11.8 Å². The molecule has 0 radical (unpaired) electrons. The highest BCUT2D eigenvalue weighted by molar-refractivity contribution is 8.02. The van der Waals surface area contributed by atoms with Crippen molar-refractivity contribution < 1.29 is 14.3 Å². The number of thioether (sulfide) groups is 1. The fourth-order valence-electron chi connectivity index (χ4n) is 2.54. The minimum absolute atomic E-state index is 0.128. The summed E-state index contributed by atoms with van der Waals surface area (Å²) >= 11 is 1.69. The van der Waals surface area contributed by atoms with Crippen LogP contribution in [0.2, 0.25) is 0 Å². The Morgan fingerprint density at radius 3 is 2.58 bits per heavy atom. The van der Waals surface area contributed by atoms with E-state index >= 15 is 0 Å². The van der Waals surface area contributed by atoms with Crippen molar-refractivity contribution in [1.29, 1.82) is 0 Å². The summed E-state index contributed by atoms with van der Waals surface area (Å²) in [6.07, 6.45) is 6.34. The fourth-order valence-corrected chi connectivity index (χ4v) is 3.47. The van der Waals surface area contributed by atoms with Gasteiger partial charge >= 0.3 is 0 Å². The Labute approximate surface area is 189 Å². The standard InChI is InChI=1S/C13H15N3OS.C9H12O2.C2H6/c14-13-12(5-2-6-15-13)18-8-10-3-1-4-11(7-10)16-9-17;1-7-4-5-8(10-2)6-9(7)11-3;1-2/h1-7,9,13,15H,8,14H2,(H,16,17);4-6H,1-3H3;1-2H3. The molecule has 0 bridgehead atoms. The summed E-state index contributed by atoms with van der Waals surface area (Å²) in [5.41, 5.74) is 8.99. The third-order valence-electron chi connectivity index (χ3n) is 4.11. The number of methoxy groups -OCH3 is 2. The van der Waals surface area contributed by atoms with Crippen LogP contribution in [0.4, 0.5) is 5.69 Å². The predicted molar refractivity (Wildman–Crippen MR) is 131 cm³/mol. The Morgan fingerprint density at radius 2 is 1.94 bits per heavy atom. The molecule has 2 aromatic rings. The number of hydrogen-bond donors (Lipinski definition) is 3. The molecule has 2 aromatic carbocycles. The zero-order valence-electron chi connectivity index (χ0n) is 18.8. The van der Waals surface area contributed by atoms with Crippen LogP contribution < -0.4 is 25.8 Å². The lowest BCUT2D eigenvalue weighted by molar-refractivity contribution is -0.105. The van der Waals surface area contributed by atoms with Crippen LogP contribution in [0.15, 0.2) is 65.7 Å². The largest absolute Gasteiger partial charge is 0.497 e. The van der Waals surface area contributed by atoms with Gasteiger partial charge in [-0.3, -0.25) is 4.79 Å². The zero-order chi connectivity index (χ0) is 23.1. The summed E-state index contributed by atoms with van der Waals surface area (Å²) in [5, 5.41) is 5.69. The van der Waals surface area contributed by atoms with Gasteiger partial charge in [0.1, 0.15) is 17.7 Å². The number of carbonyl (C=O) groups is 1. The summed E-state index contributed by atoms with van der Waals surface area (Å²) in [5.74, 6) is 2.51. The topological polar surface area (TPSA) is 85.6 Å².